The molecule has 3 heterocycles. The lowest BCUT2D eigenvalue weighted by Crippen LogP contribution is -2.17. The zero-order valence-electron chi connectivity index (χ0n) is 8.40. The highest BCUT2D eigenvalue weighted by Crippen LogP contribution is 2.13. The summed E-state index contributed by atoms with van der Waals surface area (Å²) in [6, 6.07) is 1.89. The number of imidazole rings is 1. The zero-order valence-corrected chi connectivity index (χ0v) is 8.40. The van der Waals surface area contributed by atoms with Gasteiger partial charge in [0.1, 0.15) is 19.2 Å². The molecule has 1 N–H and O–H groups in total. The highest BCUT2D eigenvalue weighted by atomic mass is 15.2. The van der Waals surface area contributed by atoms with Gasteiger partial charge in [-0.2, -0.15) is 0 Å². The van der Waals surface area contributed by atoms with E-state index in [1.54, 1.807) is 6.20 Å². The molecule has 74 valence electrons. The van der Waals surface area contributed by atoms with E-state index >= 15 is 0 Å². The summed E-state index contributed by atoms with van der Waals surface area (Å²) in [5.74, 6) is 1.10. The van der Waals surface area contributed by atoms with Crippen molar-refractivity contribution in [2.75, 3.05) is 13.1 Å². The van der Waals surface area contributed by atoms with Crippen LogP contribution in [0, 0.1) is 0 Å². The van der Waals surface area contributed by atoms with E-state index in [-0.39, 0.29) is 0 Å². The summed E-state index contributed by atoms with van der Waals surface area (Å²) in [4.78, 5) is 8.90. The molecule has 0 aromatic carbocycles. The molecule has 0 aliphatic carbocycles. The average molecular weight is 198 g/mol. The first kappa shape index (κ1) is 8.91. The monoisotopic (exact) mass is 198 g/mol. The predicted octanol–water partition coefficient (Wildman–Crippen LogP) is -0.629. The van der Waals surface area contributed by atoms with Crippen LogP contribution in [0.4, 0.5) is 0 Å². The van der Waals surface area contributed by atoms with Crippen LogP contribution in [0.2, 0.25) is 0 Å². The van der Waals surface area contributed by atoms with E-state index in [0.717, 1.165) is 43.0 Å². The first-order valence-corrected chi connectivity index (χ1v) is 5.16. The maximum Gasteiger partial charge on any atom is 0.159 e. The topological polar surface area (TPSA) is 42.7 Å². The highest BCUT2D eigenvalue weighted by molar-refractivity contribution is 6.32. The maximum atomic E-state index is 5.69. The van der Waals surface area contributed by atoms with Gasteiger partial charge in [-0.1, -0.05) is 5.46 Å². The van der Waals surface area contributed by atoms with E-state index < -0.39 is 0 Å². The normalized spacial score (nSPS) is 16.3. The van der Waals surface area contributed by atoms with Gasteiger partial charge >= 0.3 is 0 Å². The van der Waals surface area contributed by atoms with E-state index in [2.05, 4.69) is 19.9 Å². The quantitative estimate of drug-likeness (QED) is 0.573. The SMILES string of the molecule is [B]c1cnc2c(c1)nc1n2CCNCC1. The molecule has 2 aromatic rings. The van der Waals surface area contributed by atoms with Crippen LogP contribution in [-0.4, -0.2) is 35.5 Å². The Bertz CT molecular complexity index is 505. The highest BCUT2D eigenvalue weighted by Gasteiger charge is 2.13. The third-order valence-corrected chi connectivity index (χ3v) is 2.72. The second-order valence-corrected chi connectivity index (χ2v) is 3.79. The molecule has 1 aliphatic heterocycles. The minimum atomic E-state index is 0.675. The van der Waals surface area contributed by atoms with Crippen LogP contribution in [0.1, 0.15) is 5.82 Å². The van der Waals surface area contributed by atoms with Crippen molar-refractivity contribution >= 4 is 24.5 Å². The van der Waals surface area contributed by atoms with Crippen molar-refractivity contribution in [3.05, 3.63) is 18.1 Å². The van der Waals surface area contributed by atoms with Crippen molar-refractivity contribution < 1.29 is 0 Å². The fourth-order valence-corrected chi connectivity index (χ4v) is 2.02. The van der Waals surface area contributed by atoms with Crippen LogP contribution in [0.3, 0.4) is 0 Å². The number of pyridine rings is 1. The number of hydrogen-bond donors (Lipinski definition) is 1. The Kier molecular flexibility index (Phi) is 1.99. The molecule has 0 spiro atoms. The van der Waals surface area contributed by atoms with Gasteiger partial charge in [-0.25, -0.2) is 9.97 Å². The molecule has 0 unspecified atom stereocenters. The summed E-state index contributed by atoms with van der Waals surface area (Å²) in [5.41, 5.74) is 2.53. The first-order valence-electron chi connectivity index (χ1n) is 5.16. The molecule has 0 amide bonds. The Morgan fingerprint density at radius 2 is 2.33 bits per heavy atom. The average Bonchev–Trinajstić information content (AvgIpc) is 2.42. The van der Waals surface area contributed by atoms with Crippen LogP contribution in [0.25, 0.3) is 11.2 Å². The summed E-state index contributed by atoms with van der Waals surface area (Å²) in [6.07, 6.45) is 2.64. The van der Waals surface area contributed by atoms with Gasteiger partial charge in [0, 0.05) is 32.3 Å². The Hall–Kier alpha value is -1.36. The summed E-state index contributed by atoms with van der Waals surface area (Å²) in [7, 11) is 5.69. The van der Waals surface area contributed by atoms with Crippen molar-refractivity contribution in [2.45, 2.75) is 13.0 Å². The van der Waals surface area contributed by atoms with Crippen molar-refractivity contribution in [3.63, 3.8) is 0 Å². The molecule has 3 rings (SSSR count). The number of aromatic nitrogens is 3. The van der Waals surface area contributed by atoms with Gasteiger partial charge in [0.15, 0.2) is 5.65 Å². The van der Waals surface area contributed by atoms with Gasteiger partial charge < -0.3 is 9.88 Å². The van der Waals surface area contributed by atoms with Crippen LogP contribution >= 0.6 is 0 Å². The molecule has 0 saturated carbocycles. The second-order valence-electron chi connectivity index (χ2n) is 3.79. The van der Waals surface area contributed by atoms with E-state index in [0.29, 0.717) is 5.46 Å². The van der Waals surface area contributed by atoms with E-state index in [1.165, 1.54) is 0 Å². The van der Waals surface area contributed by atoms with Crippen LogP contribution in [-0.2, 0) is 13.0 Å². The maximum absolute atomic E-state index is 5.69. The van der Waals surface area contributed by atoms with Gasteiger partial charge in [0.25, 0.3) is 0 Å². The van der Waals surface area contributed by atoms with Crippen molar-refractivity contribution in [1.29, 1.82) is 0 Å². The third kappa shape index (κ3) is 1.43. The molecule has 0 saturated heterocycles. The standard InChI is InChI=1S/C10H11BN4/c11-7-5-8-10(13-6-7)15-4-3-12-2-1-9(15)14-8/h5-6,12H,1-4H2. The lowest BCUT2D eigenvalue weighted by molar-refractivity contribution is 0.654. The lowest BCUT2D eigenvalue weighted by Gasteiger charge is -2.02. The molecule has 0 atom stereocenters. The second kappa shape index (κ2) is 3.34. The fourth-order valence-electron chi connectivity index (χ4n) is 2.02. The van der Waals surface area contributed by atoms with Crippen molar-refractivity contribution in [2.24, 2.45) is 0 Å². The molecule has 2 radical (unpaired) electrons. The smallest absolute Gasteiger partial charge is 0.159 e. The number of nitrogens with one attached hydrogen (secondary N) is 1. The number of rotatable bonds is 0. The van der Waals surface area contributed by atoms with Gasteiger partial charge in [-0.15, -0.1) is 0 Å². The predicted molar refractivity (Wildman–Crippen MR) is 59.5 cm³/mol. The van der Waals surface area contributed by atoms with Gasteiger partial charge in [-0.05, 0) is 6.07 Å². The fraction of sp³-hybridized carbons (Fsp3) is 0.400. The molecule has 5 heteroatoms. The van der Waals surface area contributed by atoms with E-state index in [1.807, 2.05) is 6.07 Å². The van der Waals surface area contributed by atoms with Gasteiger partial charge in [-0.3, -0.25) is 0 Å². The Labute approximate surface area is 89.1 Å². The minimum Gasteiger partial charge on any atom is -0.315 e. The van der Waals surface area contributed by atoms with E-state index in [4.69, 9.17) is 7.85 Å². The molecule has 2 aromatic heterocycles. The Morgan fingerprint density at radius 3 is 3.27 bits per heavy atom. The molecule has 4 nitrogen and oxygen atoms in total. The molecule has 0 fully saturated rings. The number of hydrogen-bond acceptors (Lipinski definition) is 3. The lowest BCUT2D eigenvalue weighted by atomic mass is 9.99. The summed E-state index contributed by atoms with van der Waals surface area (Å²) in [6.45, 7) is 2.89. The zero-order chi connectivity index (χ0) is 10.3. The summed E-state index contributed by atoms with van der Waals surface area (Å²) >= 11 is 0. The molecule has 15 heavy (non-hydrogen) atoms. The van der Waals surface area contributed by atoms with Gasteiger partial charge in [0.05, 0.1) is 0 Å². The summed E-state index contributed by atoms with van der Waals surface area (Å²) < 4.78 is 2.18. The minimum absolute atomic E-state index is 0.675. The molecule has 1 aliphatic rings. The Morgan fingerprint density at radius 1 is 1.40 bits per heavy atom. The molecular formula is C10H11BN4. The van der Waals surface area contributed by atoms with Crippen molar-refractivity contribution in [3.8, 4) is 0 Å². The summed E-state index contributed by atoms with van der Waals surface area (Å²) in [5, 5.41) is 3.34. The van der Waals surface area contributed by atoms with E-state index in [9.17, 15) is 0 Å². The first-order chi connectivity index (χ1) is 7.34. The molecular weight excluding hydrogens is 187 g/mol. The van der Waals surface area contributed by atoms with Crippen molar-refractivity contribution in [1.82, 2.24) is 19.9 Å². The number of nitrogens with zero attached hydrogens (tertiary/aromatic N) is 3. The van der Waals surface area contributed by atoms with Gasteiger partial charge in [0.2, 0.25) is 0 Å². The third-order valence-electron chi connectivity index (χ3n) is 2.72. The van der Waals surface area contributed by atoms with Crippen LogP contribution in [0.5, 0.6) is 0 Å². The van der Waals surface area contributed by atoms with Crippen LogP contribution in [0.15, 0.2) is 12.3 Å². The molecule has 0 bridgehead atoms. The van der Waals surface area contributed by atoms with Crippen LogP contribution < -0.4 is 10.8 Å². The largest absolute Gasteiger partial charge is 0.315 e. The number of fused-ring (bicyclic) bond motifs is 3. The Balaban J connectivity index is 2.23.